The van der Waals surface area contributed by atoms with E-state index in [1.165, 1.54) is 6.33 Å². The molecular formula is C15H19N5O. The van der Waals surface area contributed by atoms with Gasteiger partial charge in [0.05, 0.1) is 0 Å². The highest BCUT2D eigenvalue weighted by Gasteiger charge is 2.07. The van der Waals surface area contributed by atoms with Crippen LogP contribution in [-0.4, -0.2) is 29.5 Å². The van der Waals surface area contributed by atoms with Crippen LogP contribution in [0.15, 0.2) is 36.7 Å². The Morgan fingerprint density at radius 3 is 2.81 bits per heavy atom. The Hall–Kier alpha value is -2.63. The SMILES string of the molecule is CCN(C)c1ccccc1CNc1cc(C(N)=O)ncn1. The number of carbonyl (C=O) groups excluding carboxylic acids is 1. The number of nitrogens with two attached hydrogens (primary N) is 1. The zero-order chi connectivity index (χ0) is 15.2. The van der Waals surface area contributed by atoms with Gasteiger partial charge in [-0.3, -0.25) is 4.79 Å². The minimum Gasteiger partial charge on any atom is -0.375 e. The van der Waals surface area contributed by atoms with Gasteiger partial charge in [0.25, 0.3) is 5.91 Å². The van der Waals surface area contributed by atoms with E-state index in [2.05, 4.69) is 46.3 Å². The van der Waals surface area contributed by atoms with E-state index in [9.17, 15) is 4.79 Å². The molecule has 0 fully saturated rings. The minimum absolute atomic E-state index is 0.200. The van der Waals surface area contributed by atoms with Crippen molar-refractivity contribution in [2.45, 2.75) is 13.5 Å². The lowest BCUT2D eigenvalue weighted by Crippen LogP contribution is -2.18. The van der Waals surface area contributed by atoms with Crippen LogP contribution < -0.4 is 16.0 Å². The lowest BCUT2D eigenvalue weighted by molar-refractivity contribution is 0.0995. The zero-order valence-corrected chi connectivity index (χ0v) is 12.2. The highest BCUT2D eigenvalue weighted by molar-refractivity contribution is 5.91. The first-order valence-corrected chi connectivity index (χ1v) is 6.76. The molecule has 2 rings (SSSR count). The number of benzene rings is 1. The van der Waals surface area contributed by atoms with Crippen molar-refractivity contribution in [1.29, 1.82) is 0 Å². The Kier molecular flexibility index (Phi) is 4.71. The fraction of sp³-hybridized carbons (Fsp3) is 0.267. The molecular weight excluding hydrogens is 266 g/mol. The summed E-state index contributed by atoms with van der Waals surface area (Å²) in [4.78, 5) is 21.2. The molecule has 0 aliphatic rings. The number of aromatic nitrogens is 2. The van der Waals surface area contributed by atoms with Gasteiger partial charge in [0.15, 0.2) is 0 Å². The molecule has 0 atom stereocenters. The van der Waals surface area contributed by atoms with Gasteiger partial charge in [-0.2, -0.15) is 0 Å². The fourth-order valence-corrected chi connectivity index (χ4v) is 1.98. The van der Waals surface area contributed by atoms with E-state index in [4.69, 9.17) is 5.73 Å². The molecule has 0 bridgehead atoms. The van der Waals surface area contributed by atoms with Crippen molar-refractivity contribution >= 4 is 17.4 Å². The third-order valence-electron chi connectivity index (χ3n) is 3.26. The average Bonchev–Trinajstić information content (AvgIpc) is 2.52. The Morgan fingerprint density at radius 1 is 1.33 bits per heavy atom. The summed E-state index contributed by atoms with van der Waals surface area (Å²) in [6, 6.07) is 9.70. The van der Waals surface area contributed by atoms with Crippen molar-refractivity contribution in [2.75, 3.05) is 23.8 Å². The van der Waals surface area contributed by atoms with Crippen molar-refractivity contribution < 1.29 is 4.79 Å². The number of primary amides is 1. The lowest BCUT2D eigenvalue weighted by Gasteiger charge is -2.21. The van der Waals surface area contributed by atoms with Crippen LogP contribution in [0.4, 0.5) is 11.5 Å². The summed E-state index contributed by atoms with van der Waals surface area (Å²) in [5.74, 6) is 0.0133. The van der Waals surface area contributed by atoms with Crippen LogP contribution in [0, 0.1) is 0 Å². The number of hydrogen-bond acceptors (Lipinski definition) is 5. The van der Waals surface area contributed by atoms with Crippen LogP contribution in [0.2, 0.25) is 0 Å². The predicted octanol–water partition coefficient (Wildman–Crippen LogP) is 1.64. The maximum atomic E-state index is 11.1. The molecule has 6 heteroatoms. The third kappa shape index (κ3) is 3.68. The smallest absolute Gasteiger partial charge is 0.267 e. The Morgan fingerprint density at radius 2 is 2.10 bits per heavy atom. The van der Waals surface area contributed by atoms with E-state index in [0.29, 0.717) is 12.4 Å². The Labute approximate surface area is 124 Å². The van der Waals surface area contributed by atoms with Crippen LogP contribution in [0.25, 0.3) is 0 Å². The molecule has 0 radical (unpaired) electrons. The summed E-state index contributed by atoms with van der Waals surface area (Å²) in [6.45, 7) is 3.64. The molecule has 2 aromatic rings. The maximum absolute atomic E-state index is 11.1. The van der Waals surface area contributed by atoms with Crippen molar-refractivity contribution in [3.05, 3.63) is 47.9 Å². The van der Waals surface area contributed by atoms with Crippen molar-refractivity contribution in [3.8, 4) is 0 Å². The second-order valence-corrected chi connectivity index (χ2v) is 4.65. The maximum Gasteiger partial charge on any atom is 0.267 e. The minimum atomic E-state index is -0.563. The van der Waals surface area contributed by atoms with Gasteiger partial charge in [-0.05, 0) is 18.6 Å². The van der Waals surface area contributed by atoms with E-state index < -0.39 is 5.91 Å². The highest BCUT2D eigenvalue weighted by Crippen LogP contribution is 2.20. The van der Waals surface area contributed by atoms with Crippen molar-refractivity contribution in [3.63, 3.8) is 0 Å². The molecule has 1 aromatic heterocycles. The first-order valence-electron chi connectivity index (χ1n) is 6.76. The second kappa shape index (κ2) is 6.69. The molecule has 1 heterocycles. The number of rotatable bonds is 6. The lowest BCUT2D eigenvalue weighted by atomic mass is 10.1. The van der Waals surface area contributed by atoms with Crippen LogP contribution in [0.3, 0.4) is 0 Å². The zero-order valence-electron chi connectivity index (χ0n) is 12.2. The van der Waals surface area contributed by atoms with Gasteiger partial charge in [0.1, 0.15) is 17.8 Å². The first-order chi connectivity index (χ1) is 10.1. The third-order valence-corrected chi connectivity index (χ3v) is 3.26. The molecule has 0 spiro atoms. The molecule has 0 aliphatic carbocycles. The van der Waals surface area contributed by atoms with Crippen LogP contribution in [0.5, 0.6) is 0 Å². The molecule has 1 aromatic carbocycles. The summed E-state index contributed by atoms with van der Waals surface area (Å²) in [6.07, 6.45) is 1.33. The number of para-hydroxylation sites is 1. The number of hydrogen-bond donors (Lipinski definition) is 2. The number of amides is 1. The first kappa shape index (κ1) is 14.8. The summed E-state index contributed by atoms with van der Waals surface area (Å²) in [5.41, 5.74) is 7.73. The normalized spacial score (nSPS) is 10.2. The van der Waals surface area contributed by atoms with E-state index in [-0.39, 0.29) is 5.69 Å². The molecule has 1 amide bonds. The summed E-state index contributed by atoms with van der Waals surface area (Å²) >= 11 is 0. The Balaban J connectivity index is 2.13. The van der Waals surface area contributed by atoms with Gasteiger partial charge >= 0.3 is 0 Å². The Bertz CT molecular complexity index is 629. The average molecular weight is 285 g/mol. The number of nitrogens with one attached hydrogen (secondary N) is 1. The van der Waals surface area contributed by atoms with Gasteiger partial charge in [-0.1, -0.05) is 18.2 Å². The quantitative estimate of drug-likeness (QED) is 0.843. The van der Waals surface area contributed by atoms with Gasteiger partial charge in [0, 0.05) is 31.9 Å². The fourth-order valence-electron chi connectivity index (χ4n) is 1.98. The van der Waals surface area contributed by atoms with Crippen LogP contribution in [-0.2, 0) is 6.54 Å². The topological polar surface area (TPSA) is 84.1 Å². The largest absolute Gasteiger partial charge is 0.375 e. The van der Waals surface area contributed by atoms with Gasteiger partial charge in [-0.15, -0.1) is 0 Å². The molecule has 0 saturated heterocycles. The van der Waals surface area contributed by atoms with Crippen LogP contribution in [0.1, 0.15) is 23.0 Å². The standard InChI is InChI=1S/C15H19N5O/c1-3-20(2)13-7-5-4-6-11(13)9-17-14-8-12(15(16)21)18-10-19-14/h4-8,10H,3,9H2,1-2H3,(H2,16,21)(H,17,18,19). The molecule has 0 aliphatic heterocycles. The van der Waals surface area contributed by atoms with E-state index in [1.54, 1.807) is 6.07 Å². The monoisotopic (exact) mass is 285 g/mol. The van der Waals surface area contributed by atoms with E-state index >= 15 is 0 Å². The van der Waals surface area contributed by atoms with Gasteiger partial charge < -0.3 is 16.0 Å². The van der Waals surface area contributed by atoms with Gasteiger partial charge in [0.2, 0.25) is 0 Å². The highest BCUT2D eigenvalue weighted by atomic mass is 16.1. The molecule has 0 unspecified atom stereocenters. The molecule has 21 heavy (non-hydrogen) atoms. The summed E-state index contributed by atoms with van der Waals surface area (Å²) < 4.78 is 0. The molecule has 0 saturated carbocycles. The van der Waals surface area contributed by atoms with Gasteiger partial charge in [-0.25, -0.2) is 9.97 Å². The number of anilines is 2. The number of nitrogens with zero attached hydrogens (tertiary/aromatic N) is 3. The predicted molar refractivity (Wildman–Crippen MR) is 83.3 cm³/mol. The number of carbonyl (C=O) groups is 1. The summed E-state index contributed by atoms with van der Waals surface area (Å²) in [5, 5.41) is 3.19. The van der Waals surface area contributed by atoms with Crippen LogP contribution >= 0.6 is 0 Å². The van der Waals surface area contributed by atoms with Crippen molar-refractivity contribution in [1.82, 2.24) is 9.97 Å². The second-order valence-electron chi connectivity index (χ2n) is 4.65. The van der Waals surface area contributed by atoms with E-state index in [0.717, 1.165) is 17.8 Å². The molecule has 3 N–H and O–H groups in total. The molecule has 6 nitrogen and oxygen atoms in total. The molecule has 110 valence electrons. The summed E-state index contributed by atoms with van der Waals surface area (Å²) in [7, 11) is 2.05. The van der Waals surface area contributed by atoms with E-state index in [1.807, 2.05) is 12.1 Å². The van der Waals surface area contributed by atoms with Crippen molar-refractivity contribution in [2.24, 2.45) is 5.73 Å².